The Kier molecular flexibility index (Phi) is 3.97. The average Bonchev–Trinajstić information content (AvgIpc) is 2.78. The van der Waals surface area contributed by atoms with Gasteiger partial charge in [0, 0.05) is 19.5 Å². The highest BCUT2D eigenvalue weighted by Gasteiger charge is 2.34. The third-order valence-corrected chi connectivity index (χ3v) is 3.28. The van der Waals surface area contributed by atoms with Gasteiger partial charge in [-0.05, 0) is 18.9 Å². The van der Waals surface area contributed by atoms with E-state index in [9.17, 15) is 9.59 Å². The summed E-state index contributed by atoms with van der Waals surface area (Å²) in [6, 6.07) is 9.48. The van der Waals surface area contributed by atoms with Crippen molar-refractivity contribution >= 4 is 11.8 Å². The zero-order valence-electron chi connectivity index (χ0n) is 10.6. The number of nitrogens with zero attached hydrogens (tertiary/aromatic N) is 1. The first kappa shape index (κ1) is 12.6. The van der Waals surface area contributed by atoms with Gasteiger partial charge in [0.2, 0.25) is 11.8 Å². The molecule has 1 unspecified atom stereocenters. The van der Waals surface area contributed by atoms with Crippen LogP contribution < -0.4 is 5.32 Å². The average molecular weight is 246 g/mol. The summed E-state index contributed by atoms with van der Waals surface area (Å²) in [6.07, 6.45) is 1.12. The van der Waals surface area contributed by atoms with E-state index in [1.165, 1.54) is 0 Å². The number of nitrogens with one attached hydrogen (secondary N) is 1. The first-order chi connectivity index (χ1) is 8.72. The second kappa shape index (κ2) is 5.67. The van der Waals surface area contributed by atoms with Crippen molar-refractivity contribution in [1.82, 2.24) is 10.2 Å². The molecule has 1 atom stereocenters. The Hall–Kier alpha value is -1.84. The lowest BCUT2D eigenvalue weighted by atomic mass is 10.2. The van der Waals surface area contributed by atoms with Crippen molar-refractivity contribution < 1.29 is 9.59 Å². The van der Waals surface area contributed by atoms with E-state index >= 15 is 0 Å². The second-order valence-corrected chi connectivity index (χ2v) is 4.44. The smallest absolute Gasteiger partial charge is 0.243 e. The number of benzene rings is 1. The van der Waals surface area contributed by atoms with Crippen LogP contribution in [0.4, 0.5) is 0 Å². The van der Waals surface area contributed by atoms with Gasteiger partial charge in [-0.25, -0.2) is 0 Å². The fourth-order valence-corrected chi connectivity index (χ4v) is 2.31. The summed E-state index contributed by atoms with van der Waals surface area (Å²) in [4.78, 5) is 25.2. The third kappa shape index (κ3) is 2.70. The molecule has 4 nitrogen and oxygen atoms in total. The van der Waals surface area contributed by atoms with Gasteiger partial charge in [-0.3, -0.25) is 9.59 Å². The van der Waals surface area contributed by atoms with Gasteiger partial charge >= 0.3 is 0 Å². The van der Waals surface area contributed by atoms with Crippen LogP contribution in [0.2, 0.25) is 0 Å². The second-order valence-electron chi connectivity index (χ2n) is 4.44. The van der Waals surface area contributed by atoms with E-state index in [1.807, 2.05) is 37.3 Å². The molecule has 2 amide bonds. The fourth-order valence-electron chi connectivity index (χ4n) is 2.31. The predicted molar refractivity (Wildman–Crippen MR) is 68.7 cm³/mol. The van der Waals surface area contributed by atoms with Crippen molar-refractivity contribution in [2.24, 2.45) is 0 Å². The van der Waals surface area contributed by atoms with E-state index in [4.69, 9.17) is 0 Å². The number of carbonyl (C=O) groups excluding carboxylic acids is 2. The molecule has 0 aromatic heterocycles. The molecule has 0 spiro atoms. The van der Waals surface area contributed by atoms with Crippen LogP contribution in [0.25, 0.3) is 0 Å². The van der Waals surface area contributed by atoms with Crippen molar-refractivity contribution in [3.63, 3.8) is 0 Å². The van der Waals surface area contributed by atoms with Crippen molar-refractivity contribution in [3.05, 3.63) is 35.9 Å². The topological polar surface area (TPSA) is 49.4 Å². The summed E-state index contributed by atoms with van der Waals surface area (Å²) in [5.41, 5.74) is 1.07. The minimum Gasteiger partial charge on any atom is -0.350 e. The molecule has 1 N–H and O–H groups in total. The zero-order chi connectivity index (χ0) is 13.0. The maximum atomic E-state index is 12.0. The number of carbonyl (C=O) groups is 2. The monoisotopic (exact) mass is 246 g/mol. The van der Waals surface area contributed by atoms with Crippen LogP contribution in [0.5, 0.6) is 0 Å². The van der Waals surface area contributed by atoms with Gasteiger partial charge in [0.1, 0.15) is 6.04 Å². The standard InChI is InChI=1S/C14H18N2O2/c1-2-16-12(8-9-13(16)17)14(18)15-10-11-6-4-3-5-7-11/h3-7,12H,2,8-10H2,1H3,(H,15,18). The Labute approximate surface area is 107 Å². The van der Waals surface area contributed by atoms with Gasteiger partial charge in [-0.15, -0.1) is 0 Å². The molecule has 4 heteroatoms. The molecule has 1 aliphatic rings. The molecule has 1 heterocycles. The van der Waals surface area contributed by atoms with E-state index in [0.717, 1.165) is 5.56 Å². The summed E-state index contributed by atoms with van der Waals surface area (Å²) >= 11 is 0. The van der Waals surface area contributed by atoms with E-state index in [2.05, 4.69) is 5.32 Å². The van der Waals surface area contributed by atoms with Gasteiger partial charge < -0.3 is 10.2 Å². The summed E-state index contributed by atoms with van der Waals surface area (Å²) in [5.74, 6) is 0.0314. The molecule has 0 aliphatic carbocycles. The Morgan fingerprint density at radius 3 is 2.78 bits per heavy atom. The van der Waals surface area contributed by atoms with E-state index in [-0.39, 0.29) is 17.9 Å². The molecule has 96 valence electrons. The van der Waals surface area contributed by atoms with Crippen LogP contribution in [-0.4, -0.2) is 29.3 Å². The lowest BCUT2D eigenvalue weighted by Gasteiger charge is -2.22. The highest BCUT2D eigenvalue weighted by Crippen LogP contribution is 2.18. The van der Waals surface area contributed by atoms with Gasteiger partial charge in [-0.2, -0.15) is 0 Å². The molecule has 1 aromatic rings. The Morgan fingerprint density at radius 1 is 1.39 bits per heavy atom. The van der Waals surface area contributed by atoms with Crippen LogP contribution in [-0.2, 0) is 16.1 Å². The minimum absolute atomic E-state index is 0.0495. The number of amides is 2. The number of likely N-dealkylation sites (N-methyl/N-ethyl adjacent to an activating group) is 1. The van der Waals surface area contributed by atoms with Crippen LogP contribution in [0.15, 0.2) is 30.3 Å². The maximum Gasteiger partial charge on any atom is 0.243 e. The van der Waals surface area contributed by atoms with E-state index in [1.54, 1.807) is 4.90 Å². The SMILES string of the molecule is CCN1C(=O)CCC1C(=O)NCc1ccccc1. The first-order valence-electron chi connectivity index (χ1n) is 6.33. The van der Waals surface area contributed by atoms with Gasteiger partial charge in [0.05, 0.1) is 0 Å². The highest BCUT2D eigenvalue weighted by molar-refractivity contribution is 5.90. The van der Waals surface area contributed by atoms with Crippen LogP contribution in [0.3, 0.4) is 0 Å². The van der Waals surface area contributed by atoms with Gasteiger partial charge in [0.25, 0.3) is 0 Å². The lowest BCUT2D eigenvalue weighted by Crippen LogP contribution is -2.44. The quantitative estimate of drug-likeness (QED) is 0.871. The third-order valence-electron chi connectivity index (χ3n) is 3.28. The molecule has 2 rings (SSSR count). The normalized spacial score (nSPS) is 19.1. The molecule has 1 saturated heterocycles. The predicted octanol–water partition coefficient (Wildman–Crippen LogP) is 1.31. The Morgan fingerprint density at radius 2 is 2.11 bits per heavy atom. The number of hydrogen-bond donors (Lipinski definition) is 1. The van der Waals surface area contributed by atoms with Crippen molar-refractivity contribution in [3.8, 4) is 0 Å². The Balaban J connectivity index is 1.90. The largest absolute Gasteiger partial charge is 0.350 e. The van der Waals surface area contributed by atoms with Crippen LogP contribution >= 0.6 is 0 Å². The maximum absolute atomic E-state index is 12.0. The molecule has 0 bridgehead atoms. The van der Waals surface area contributed by atoms with Crippen LogP contribution in [0, 0.1) is 0 Å². The molecular formula is C14H18N2O2. The van der Waals surface area contributed by atoms with Gasteiger partial charge in [0.15, 0.2) is 0 Å². The molecule has 1 aromatic carbocycles. The first-order valence-corrected chi connectivity index (χ1v) is 6.33. The van der Waals surface area contributed by atoms with Crippen molar-refractivity contribution in [2.75, 3.05) is 6.54 Å². The molecule has 0 saturated carbocycles. The van der Waals surface area contributed by atoms with Gasteiger partial charge in [-0.1, -0.05) is 30.3 Å². The van der Waals surface area contributed by atoms with E-state index < -0.39 is 0 Å². The minimum atomic E-state index is -0.286. The Bertz CT molecular complexity index is 431. The molecular weight excluding hydrogens is 228 g/mol. The molecule has 18 heavy (non-hydrogen) atoms. The van der Waals surface area contributed by atoms with E-state index in [0.29, 0.717) is 25.9 Å². The number of hydrogen-bond acceptors (Lipinski definition) is 2. The summed E-state index contributed by atoms with van der Waals surface area (Å²) in [7, 11) is 0. The molecule has 0 radical (unpaired) electrons. The molecule has 1 fully saturated rings. The summed E-state index contributed by atoms with van der Waals surface area (Å²) < 4.78 is 0. The lowest BCUT2D eigenvalue weighted by molar-refractivity contribution is -0.135. The van der Waals surface area contributed by atoms with Crippen molar-refractivity contribution in [2.45, 2.75) is 32.4 Å². The fraction of sp³-hybridized carbons (Fsp3) is 0.429. The highest BCUT2D eigenvalue weighted by atomic mass is 16.2. The molecule has 1 aliphatic heterocycles. The number of rotatable bonds is 4. The zero-order valence-corrected chi connectivity index (χ0v) is 10.6. The summed E-state index contributed by atoms with van der Waals surface area (Å²) in [6.45, 7) is 3.02. The summed E-state index contributed by atoms with van der Waals surface area (Å²) in [5, 5.41) is 2.89. The number of likely N-dealkylation sites (tertiary alicyclic amines) is 1. The van der Waals surface area contributed by atoms with Crippen LogP contribution in [0.1, 0.15) is 25.3 Å². The van der Waals surface area contributed by atoms with Crippen molar-refractivity contribution in [1.29, 1.82) is 0 Å².